The Balaban J connectivity index is 3.38. The lowest BCUT2D eigenvalue weighted by atomic mass is 10.0. The Morgan fingerprint density at radius 2 is 0.435 bits per heavy atom. The van der Waals surface area contributed by atoms with Crippen molar-refractivity contribution in [2.75, 3.05) is 13.2 Å². The van der Waals surface area contributed by atoms with E-state index in [1.54, 1.807) is 0 Å². The van der Waals surface area contributed by atoms with Crippen LogP contribution in [-0.2, 0) is 19.1 Å². The molecular formula is C87H154O5. The highest BCUT2D eigenvalue weighted by Gasteiger charge is 2.16. The second-order valence-electron chi connectivity index (χ2n) is 27.1. The number of hydrogen-bond donors (Lipinski definition) is 1. The summed E-state index contributed by atoms with van der Waals surface area (Å²) < 4.78 is 10.8. The van der Waals surface area contributed by atoms with E-state index in [-0.39, 0.29) is 25.2 Å². The number of hydrogen-bond acceptors (Lipinski definition) is 5. The van der Waals surface area contributed by atoms with E-state index in [9.17, 15) is 14.7 Å². The van der Waals surface area contributed by atoms with Gasteiger partial charge in [-0.3, -0.25) is 9.59 Å². The summed E-state index contributed by atoms with van der Waals surface area (Å²) in [5.74, 6) is -0.568. The Morgan fingerprint density at radius 3 is 0.652 bits per heavy atom. The fourth-order valence-electron chi connectivity index (χ4n) is 12.1. The van der Waals surface area contributed by atoms with Crippen LogP contribution >= 0.6 is 0 Å². The fourth-order valence-corrected chi connectivity index (χ4v) is 12.1. The van der Waals surface area contributed by atoms with E-state index in [1.807, 2.05) is 0 Å². The minimum atomic E-state index is -0.774. The number of aliphatic hydroxyl groups excluding tert-OH is 1. The SMILES string of the molecule is CC/C=C\C/C=C\C/C=C\C/C=C\C/C=C\CCCCCCCCCCCCCCCCCCCCCCCCCCCC(=O)OC(CO)COC(=O)CCCCCCCCCCCCCCCCCCCCCCCCCC/C=C\C/C=C\C/C=C\C/C=C\CC. The van der Waals surface area contributed by atoms with Crippen molar-refractivity contribution in [2.24, 2.45) is 0 Å². The molecule has 0 heterocycles. The normalized spacial score (nSPS) is 12.8. The molecule has 0 rings (SSSR count). The van der Waals surface area contributed by atoms with E-state index < -0.39 is 6.10 Å². The van der Waals surface area contributed by atoms with Gasteiger partial charge in [0, 0.05) is 12.8 Å². The van der Waals surface area contributed by atoms with Crippen LogP contribution in [0.2, 0.25) is 0 Å². The summed E-state index contributed by atoms with van der Waals surface area (Å²) in [7, 11) is 0. The topological polar surface area (TPSA) is 72.8 Å². The Morgan fingerprint density at radius 1 is 0.250 bits per heavy atom. The number of esters is 2. The standard InChI is InChI=1S/C87H154O5/c1-3-5-7-9-11-13-15-17-19-21-23-25-27-29-31-33-35-37-39-41-42-43-44-46-48-50-52-54-56-58-60-62-64-66-68-70-72-74-76-78-80-82-87(90)92-85(83-88)84-91-86(89)81-79-77-75-73-71-69-67-65-63-61-59-57-55-53-51-49-47-45-40-38-36-34-32-30-28-26-24-22-20-18-16-14-12-10-8-6-4-2/h5-8,11-14,17-20,23-26,29,31,85,88H,3-4,9-10,15-16,21-22,27-28,30,32-84H2,1-2H3/b7-5-,8-6-,13-11-,14-12-,19-17-,20-18-,25-23-,26-24-,31-29-. The molecule has 0 saturated heterocycles. The van der Waals surface area contributed by atoms with Gasteiger partial charge in [-0.25, -0.2) is 0 Å². The second kappa shape index (κ2) is 81.8. The largest absolute Gasteiger partial charge is 0.462 e. The smallest absolute Gasteiger partial charge is 0.306 e. The molecule has 0 fully saturated rings. The molecule has 0 amide bonds. The molecular weight excluding hydrogens is 1120 g/mol. The summed E-state index contributed by atoms with van der Waals surface area (Å²) in [4.78, 5) is 24.7. The highest BCUT2D eigenvalue weighted by molar-refractivity contribution is 5.70. The molecule has 1 atom stereocenters. The molecule has 0 aromatic heterocycles. The average molecular weight is 1280 g/mol. The zero-order valence-electron chi connectivity index (χ0n) is 61.3. The number of carbonyl (C=O) groups excluding carboxylic acids is 2. The molecule has 1 unspecified atom stereocenters. The number of ether oxygens (including phenoxy) is 2. The predicted octanol–water partition coefficient (Wildman–Crippen LogP) is 28.7. The van der Waals surface area contributed by atoms with Crippen LogP contribution in [0.5, 0.6) is 0 Å². The Kier molecular flexibility index (Phi) is 78.7. The lowest BCUT2D eigenvalue weighted by Gasteiger charge is -2.15. The molecule has 0 saturated carbocycles. The maximum absolute atomic E-state index is 12.4. The van der Waals surface area contributed by atoms with Crippen LogP contribution in [0, 0.1) is 0 Å². The predicted molar refractivity (Wildman–Crippen MR) is 408 cm³/mol. The number of allylic oxidation sites excluding steroid dienone is 18. The van der Waals surface area contributed by atoms with Crippen molar-refractivity contribution >= 4 is 11.9 Å². The third kappa shape index (κ3) is 79.0. The van der Waals surface area contributed by atoms with Crippen molar-refractivity contribution in [1.82, 2.24) is 0 Å². The number of unbranched alkanes of at least 4 members (excludes halogenated alkanes) is 49. The summed E-state index contributed by atoms with van der Waals surface area (Å²) in [5.41, 5.74) is 0. The maximum atomic E-state index is 12.4. The van der Waals surface area contributed by atoms with Gasteiger partial charge in [0.05, 0.1) is 6.61 Å². The lowest BCUT2D eigenvalue weighted by molar-refractivity contribution is -0.161. The second-order valence-corrected chi connectivity index (χ2v) is 27.1. The van der Waals surface area contributed by atoms with E-state index in [0.717, 1.165) is 96.3 Å². The van der Waals surface area contributed by atoms with Crippen LogP contribution in [0.15, 0.2) is 109 Å². The molecule has 0 aliphatic carbocycles. The van der Waals surface area contributed by atoms with E-state index in [4.69, 9.17) is 9.47 Å². The molecule has 0 aliphatic rings. The van der Waals surface area contributed by atoms with Crippen LogP contribution < -0.4 is 0 Å². The van der Waals surface area contributed by atoms with Gasteiger partial charge >= 0.3 is 11.9 Å². The summed E-state index contributed by atoms with van der Waals surface area (Å²) >= 11 is 0. The fraction of sp³-hybridized carbons (Fsp3) is 0.770. The molecule has 5 nitrogen and oxygen atoms in total. The third-order valence-electron chi connectivity index (χ3n) is 18.1. The van der Waals surface area contributed by atoms with Crippen molar-refractivity contribution in [3.8, 4) is 0 Å². The van der Waals surface area contributed by atoms with Gasteiger partial charge in [-0.2, -0.15) is 0 Å². The first-order chi connectivity index (χ1) is 45.6. The minimum absolute atomic E-state index is 0.0619. The van der Waals surface area contributed by atoms with Gasteiger partial charge in [-0.05, 0) is 96.3 Å². The molecule has 0 radical (unpaired) electrons. The molecule has 0 aromatic rings. The van der Waals surface area contributed by atoms with Gasteiger partial charge in [0.15, 0.2) is 6.10 Å². The van der Waals surface area contributed by atoms with Gasteiger partial charge in [0.2, 0.25) is 0 Å². The Hall–Kier alpha value is -3.44. The van der Waals surface area contributed by atoms with Crippen LogP contribution in [0.4, 0.5) is 0 Å². The molecule has 92 heavy (non-hydrogen) atoms. The number of carbonyl (C=O) groups is 2. The van der Waals surface area contributed by atoms with Crippen LogP contribution in [0.3, 0.4) is 0 Å². The lowest BCUT2D eigenvalue weighted by Crippen LogP contribution is -2.28. The number of rotatable bonds is 75. The van der Waals surface area contributed by atoms with Gasteiger partial charge in [0.1, 0.15) is 6.61 Å². The van der Waals surface area contributed by atoms with Crippen molar-refractivity contribution in [1.29, 1.82) is 0 Å². The van der Waals surface area contributed by atoms with Crippen LogP contribution in [-0.4, -0.2) is 36.4 Å². The molecule has 1 N–H and O–H groups in total. The molecule has 0 bridgehead atoms. The van der Waals surface area contributed by atoms with Gasteiger partial charge < -0.3 is 14.6 Å². The van der Waals surface area contributed by atoms with Gasteiger partial charge in [-0.15, -0.1) is 0 Å². The molecule has 0 spiro atoms. The summed E-state index contributed by atoms with van der Waals surface area (Å²) in [5, 5.41) is 9.74. The first kappa shape index (κ1) is 88.6. The Labute approximate surface area is 573 Å². The average Bonchev–Trinajstić information content (AvgIpc) is 3.64. The van der Waals surface area contributed by atoms with Gasteiger partial charge in [0.25, 0.3) is 0 Å². The zero-order valence-corrected chi connectivity index (χ0v) is 61.3. The summed E-state index contributed by atoms with van der Waals surface area (Å²) in [6.45, 7) is 3.96. The van der Waals surface area contributed by atoms with Gasteiger partial charge in [-0.1, -0.05) is 412 Å². The zero-order chi connectivity index (χ0) is 66.1. The van der Waals surface area contributed by atoms with Crippen LogP contribution in [0.1, 0.15) is 412 Å². The minimum Gasteiger partial charge on any atom is -0.462 e. The van der Waals surface area contributed by atoms with Crippen molar-refractivity contribution < 1.29 is 24.2 Å². The first-order valence-corrected chi connectivity index (χ1v) is 40.4. The van der Waals surface area contributed by atoms with Crippen molar-refractivity contribution in [3.63, 3.8) is 0 Å². The highest BCUT2D eigenvalue weighted by Crippen LogP contribution is 2.20. The molecule has 0 aliphatic heterocycles. The third-order valence-corrected chi connectivity index (χ3v) is 18.1. The number of aliphatic hydroxyl groups is 1. The Bertz CT molecular complexity index is 1740. The monoisotopic (exact) mass is 1280 g/mol. The molecule has 0 aromatic carbocycles. The molecule has 532 valence electrons. The van der Waals surface area contributed by atoms with E-state index >= 15 is 0 Å². The quantitative estimate of drug-likeness (QED) is 0.0373. The molecule has 5 heteroatoms. The maximum Gasteiger partial charge on any atom is 0.306 e. The van der Waals surface area contributed by atoms with E-state index in [0.29, 0.717) is 12.8 Å². The first-order valence-electron chi connectivity index (χ1n) is 40.4. The van der Waals surface area contributed by atoms with E-state index in [1.165, 1.54) is 289 Å². The van der Waals surface area contributed by atoms with Crippen LogP contribution in [0.25, 0.3) is 0 Å². The summed E-state index contributed by atoms with van der Waals surface area (Å²) in [6, 6.07) is 0. The summed E-state index contributed by atoms with van der Waals surface area (Å²) in [6.07, 6.45) is 119. The van der Waals surface area contributed by atoms with Crippen molar-refractivity contribution in [3.05, 3.63) is 109 Å². The highest BCUT2D eigenvalue weighted by atomic mass is 16.6. The van der Waals surface area contributed by atoms with E-state index in [2.05, 4.69) is 123 Å². The van der Waals surface area contributed by atoms with Crippen molar-refractivity contribution in [2.45, 2.75) is 418 Å².